The zero-order valence-corrected chi connectivity index (χ0v) is 8.76. The largest absolute Gasteiger partial charge is 0.343 e. The first kappa shape index (κ1) is 11.5. The van der Waals surface area contributed by atoms with Crippen molar-refractivity contribution >= 4 is 5.91 Å². The van der Waals surface area contributed by atoms with Gasteiger partial charge in [-0.1, -0.05) is 27.7 Å². The fourth-order valence-electron chi connectivity index (χ4n) is 1.04. The molecule has 0 unspecified atom stereocenters. The van der Waals surface area contributed by atoms with Gasteiger partial charge in [0.1, 0.15) is 0 Å². The van der Waals surface area contributed by atoms with E-state index in [4.69, 9.17) is 0 Å². The van der Waals surface area contributed by atoms with Gasteiger partial charge in [0, 0.05) is 19.5 Å². The molecule has 0 atom stereocenters. The first-order valence-electron chi connectivity index (χ1n) is 4.98. The molecule has 0 bridgehead atoms. The van der Waals surface area contributed by atoms with Crippen molar-refractivity contribution in [2.75, 3.05) is 13.1 Å². The highest BCUT2D eigenvalue weighted by molar-refractivity contribution is 5.76. The minimum Gasteiger partial charge on any atom is -0.343 e. The molecule has 1 amide bonds. The number of rotatable bonds is 2. The first-order valence-corrected chi connectivity index (χ1v) is 4.98. The molecule has 2 heteroatoms. The number of nitrogens with zero attached hydrogens (tertiary/aromatic N) is 1. The standard InChI is InChI=1S/C8H15NO.C2H6/c1-7(2)6-8(10)9-4-3-5-9;1-2/h7H,3-6H2,1-2H3;1-2H3. The third kappa shape index (κ3) is 3.74. The molecule has 0 N–H and O–H groups in total. The van der Waals surface area contributed by atoms with E-state index in [1.165, 1.54) is 6.42 Å². The maximum absolute atomic E-state index is 11.2. The summed E-state index contributed by atoms with van der Waals surface area (Å²) in [6.07, 6.45) is 1.92. The molecule has 0 radical (unpaired) electrons. The Balaban J connectivity index is 0.000000561. The lowest BCUT2D eigenvalue weighted by atomic mass is 10.1. The summed E-state index contributed by atoms with van der Waals surface area (Å²) in [6, 6.07) is 0. The van der Waals surface area contributed by atoms with Crippen LogP contribution in [0.15, 0.2) is 0 Å². The van der Waals surface area contributed by atoms with Crippen LogP contribution < -0.4 is 0 Å². The zero-order chi connectivity index (χ0) is 9.56. The highest BCUT2D eigenvalue weighted by Crippen LogP contribution is 2.10. The van der Waals surface area contributed by atoms with Crippen LogP contribution in [0.25, 0.3) is 0 Å². The van der Waals surface area contributed by atoms with Crippen LogP contribution >= 0.6 is 0 Å². The van der Waals surface area contributed by atoms with Gasteiger partial charge in [-0.3, -0.25) is 4.79 Å². The van der Waals surface area contributed by atoms with Crippen molar-refractivity contribution in [2.24, 2.45) is 5.92 Å². The van der Waals surface area contributed by atoms with Gasteiger partial charge in [-0.15, -0.1) is 0 Å². The highest BCUT2D eigenvalue weighted by atomic mass is 16.2. The van der Waals surface area contributed by atoms with E-state index in [-0.39, 0.29) is 0 Å². The van der Waals surface area contributed by atoms with Gasteiger partial charge in [0.25, 0.3) is 0 Å². The van der Waals surface area contributed by atoms with E-state index in [9.17, 15) is 4.79 Å². The van der Waals surface area contributed by atoms with Crippen molar-refractivity contribution in [3.63, 3.8) is 0 Å². The predicted octanol–water partition coefficient (Wildman–Crippen LogP) is 2.29. The molecular formula is C10H21NO. The van der Waals surface area contributed by atoms with E-state index in [1.807, 2.05) is 18.7 Å². The Kier molecular flexibility index (Phi) is 5.77. The number of hydrogen-bond donors (Lipinski definition) is 0. The van der Waals surface area contributed by atoms with E-state index in [0.717, 1.165) is 19.5 Å². The molecule has 72 valence electrons. The number of carbonyl (C=O) groups excluding carboxylic acids is 1. The molecular weight excluding hydrogens is 150 g/mol. The Morgan fingerprint density at radius 3 is 2.08 bits per heavy atom. The van der Waals surface area contributed by atoms with E-state index in [0.29, 0.717) is 11.8 Å². The summed E-state index contributed by atoms with van der Waals surface area (Å²) in [5, 5.41) is 0. The van der Waals surface area contributed by atoms with Crippen LogP contribution in [0.1, 0.15) is 40.5 Å². The molecule has 0 aromatic heterocycles. The molecule has 0 saturated carbocycles. The van der Waals surface area contributed by atoms with Crippen LogP contribution in [0.5, 0.6) is 0 Å². The highest BCUT2D eigenvalue weighted by Gasteiger charge is 2.19. The number of hydrogen-bond acceptors (Lipinski definition) is 1. The van der Waals surface area contributed by atoms with Gasteiger partial charge in [0.2, 0.25) is 5.91 Å². The van der Waals surface area contributed by atoms with Crippen molar-refractivity contribution in [2.45, 2.75) is 40.5 Å². The van der Waals surface area contributed by atoms with E-state index in [2.05, 4.69) is 13.8 Å². The molecule has 1 rings (SSSR count). The van der Waals surface area contributed by atoms with Gasteiger partial charge >= 0.3 is 0 Å². The Morgan fingerprint density at radius 1 is 1.33 bits per heavy atom. The Morgan fingerprint density at radius 2 is 1.83 bits per heavy atom. The quantitative estimate of drug-likeness (QED) is 0.624. The third-order valence-electron chi connectivity index (χ3n) is 1.79. The number of amides is 1. The van der Waals surface area contributed by atoms with E-state index < -0.39 is 0 Å². The maximum atomic E-state index is 11.2. The van der Waals surface area contributed by atoms with Gasteiger partial charge in [-0.2, -0.15) is 0 Å². The van der Waals surface area contributed by atoms with E-state index in [1.54, 1.807) is 0 Å². The summed E-state index contributed by atoms with van der Waals surface area (Å²) < 4.78 is 0. The lowest BCUT2D eigenvalue weighted by Gasteiger charge is -2.31. The molecule has 2 nitrogen and oxygen atoms in total. The summed E-state index contributed by atoms with van der Waals surface area (Å²) in [7, 11) is 0. The molecule has 1 saturated heterocycles. The molecule has 12 heavy (non-hydrogen) atoms. The Hall–Kier alpha value is -0.530. The first-order chi connectivity index (χ1) is 5.70. The summed E-state index contributed by atoms with van der Waals surface area (Å²) >= 11 is 0. The third-order valence-corrected chi connectivity index (χ3v) is 1.79. The average Bonchev–Trinajstić information content (AvgIpc) is 1.85. The van der Waals surface area contributed by atoms with Crippen LogP contribution in [0.2, 0.25) is 0 Å². The average molecular weight is 171 g/mol. The second-order valence-corrected chi connectivity index (χ2v) is 3.33. The van der Waals surface area contributed by atoms with Gasteiger partial charge < -0.3 is 4.90 Å². The van der Waals surface area contributed by atoms with Gasteiger partial charge in [0.15, 0.2) is 0 Å². The molecule has 1 fully saturated rings. The second kappa shape index (κ2) is 6.04. The SMILES string of the molecule is CC.CC(C)CC(=O)N1CCC1. The van der Waals surface area contributed by atoms with Crippen molar-refractivity contribution in [1.82, 2.24) is 4.90 Å². The van der Waals surface area contributed by atoms with Crippen LogP contribution in [0.4, 0.5) is 0 Å². The number of likely N-dealkylation sites (tertiary alicyclic amines) is 1. The monoisotopic (exact) mass is 171 g/mol. The Labute approximate surface area is 75.9 Å². The zero-order valence-electron chi connectivity index (χ0n) is 8.76. The summed E-state index contributed by atoms with van der Waals surface area (Å²) in [4.78, 5) is 13.1. The molecule has 0 spiro atoms. The van der Waals surface area contributed by atoms with Crippen LogP contribution in [0, 0.1) is 5.92 Å². The van der Waals surface area contributed by atoms with Crippen LogP contribution in [-0.4, -0.2) is 23.9 Å². The molecule has 1 aliphatic heterocycles. The van der Waals surface area contributed by atoms with Crippen molar-refractivity contribution in [3.05, 3.63) is 0 Å². The lowest BCUT2D eigenvalue weighted by molar-refractivity contribution is -0.135. The minimum absolute atomic E-state index is 0.334. The molecule has 0 aromatic rings. The summed E-state index contributed by atoms with van der Waals surface area (Å²) in [5.41, 5.74) is 0. The molecule has 0 aromatic carbocycles. The normalized spacial score (nSPS) is 14.9. The Bertz CT molecular complexity index is 128. The summed E-state index contributed by atoms with van der Waals surface area (Å²) in [5.74, 6) is 0.842. The summed E-state index contributed by atoms with van der Waals surface area (Å²) in [6.45, 7) is 10.1. The topological polar surface area (TPSA) is 20.3 Å². The lowest BCUT2D eigenvalue weighted by Crippen LogP contribution is -2.42. The molecule has 1 heterocycles. The fourth-order valence-corrected chi connectivity index (χ4v) is 1.04. The van der Waals surface area contributed by atoms with Gasteiger partial charge in [-0.25, -0.2) is 0 Å². The van der Waals surface area contributed by atoms with Crippen molar-refractivity contribution in [1.29, 1.82) is 0 Å². The number of carbonyl (C=O) groups is 1. The fraction of sp³-hybridized carbons (Fsp3) is 0.900. The maximum Gasteiger partial charge on any atom is 0.222 e. The van der Waals surface area contributed by atoms with E-state index >= 15 is 0 Å². The smallest absolute Gasteiger partial charge is 0.222 e. The molecule has 1 aliphatic rings. The minimum atomic E-state index is 0.334. The molecule has 0 aliphatic carbocycles. The van der Waals surface area contributed by atoms with Crippen LogP contribution in [0.3, 0.4) is 0 Å². The van der Waals surface area contributed by atoms with Crippen molar-refractivity contribution in [3.8, 4) is 0 Å². The van der Waals surface area contributed by atoms with Gasteiger partial charge in [-0.05, 0) is 12.3 Å². The van der Waals surface area contributed by atoms with Gasteiger partial charge in [0.05, 0.1) is 0 Å². The van der Waals surface area contributed by atoms with Crippen molar-refractivity contribution < 1.29 is 4.79 Å². The van der Waals surface area contributed by atoms with Crippen LogP contribution in [-0.2, 0) is 4.79 Å². The predicted molar refractivity (Wildman–Crippen MR) is 52.0 cm³/mol. The second-order valence-electron chi connectivity index (χ2n) is 3.33.